The molecule has 24 heavy (non-hydrogen) atoms. The van der Waals surface area contributed by atoms with Crippen LogP contribution in [0.1, 0.15) is 39.2 Å². The molecule has 140 valence electrons. The van der Waals surface area contributed by atoms with Gasteiger partial charge >= 0.3 is 0 Å². The number of hydrogen-bond acceptors (Lipinski definition) is 4. The summed E-state index contributed by atoms with van der Waals surface area (Å²) in [7, 11) is 1.83. The SMILES string of the molecule is CCCCOCCNC(=NCC(C)(O)c1cnn(C)c1)NCC.I. The summed E-state index contributed by atoms with van der Waals surface area (Å²) in [6, 6.07) is 0. The highest BCUT2D eigenvalue weighted by molar-refractivity contribution is 14.0. The van der Waals surface area contributed by atoms with Crippen LogP contribution in [0.25, 0.3) is 0 Å². The van der Waals surface area contributed by atoms with Crippen molar-refractivity contribution in [1.29, 1.82) is 0 Å². The fourth-order valence-corrected chi connectivity index (χ4v) is 1.96. The quantitative estimate of drug-likeness (QED) is 0.217. The first kappa shape index (κ1) is 23.1. The Hall–Kier alpha value is -0.870. The number of aliphatic imine (C=N–C) groups is 1. The first-order valence-electron chi connectivity index (χ1n) is 8.31. The third kappa shape index (κ3) is 8.84. The lowest BCUT2D eigenvalue weighted by atomic mass is 10.0. The predicted molar refractivity (Wildman–Crippen MR) is 108 cm³/mol. The minimum atomic E-state index is -1.05. The zero-order valence-electron chi connectivity index (χ0n) is 15.2. The molecule has 7 nitrogen and oxygen atoms in total. The Bertz CT molecular complexity index is 477. The summed E-state index contributed by atoms with van der Waals surface area (Å²) in [5, 5.41) is 21.0. The number of nitrogens with one attached hydrogen (secondary N) is 2. The smallest absolute Gasteiger partial charge is 0.191 e. The number of nitrogens with zero attached hydrogens (tertiary/aromatic N) is 3. The minimum absolute atomic E-state index is 0. The van der Waals surface area contributed by atoms with Gasteiger partial charge in [0, 0.05) is 38.5 Å². The summed E-state index contributed by atoms with van der Waals surface area (Å²) in [6.07, 6.45) is 5.69. The lowest BCUT2D eigenvalue weighted by molar-refractivity contribution is 0.0671. The van der Waals surface area contributed by atoms with E-state index in [1.54, 1.807) is 24.0 Å². The van der Waals surface area contributed by atoms with E-state index in [1.165, 1.54) is 0 Å². The Morgan fingerprint density at radius 3 is 2.71 bits per heavy atom. The molecule has 0 radical (unpaired) electrons. The Labute approximate surface area is 162 Å². The summed E-state index contributed by atoms with van der Waals surface area (Å²) in [6.45, 7) is 9.03. The summed E-state index contributed by atoms with van der Waals surface area (Å²) in [5.41, 5.74) is -0.295. The molecule has 0 saturated heterocycles. The first-order valence-corrected chi connectivity index (χ1v) is 8.31. The Morgan fingerprint density at radius 2 is 2.12 bits per heavy atom. The standard InChI is InChI=1S/C16H31N5O2.HI/c1-5-7-9-23-10-8-18-15(17-6-2)19-13-16(3,22)14-11-20-21(4)12-14;/h11-12,22H,5-10,13H2,1-4H3,(H2,17,18,19);1H. The van der Waals surface area contributed by atoms with Crippen LogP contribution in [0.5, 0.6) is 0 Å². The van der Waals surface area contributed by atoms with Gasteiger partial charge in [0.2, 0.25) is 0 Å². The van der Waals surface area contributed by atoms with Crippen LogP contribution in [0.3, 0.4) is 0 Å². The van der Waals surface area contributed by atoms with Crippen molar-refractivity contribution in [2.45, 2.75) is 39.2 Å². The Balaban J connectivity index is 0.00000529. The molecule has 0 aliphatic carbocycles. The van der Waals surface area contributed by atoms with Gasteiger partial charge in [0.25, 0.3) is 0 Å². The monoisotopic (exact) mass is 453 g/mol. The summed E-state index contributed by atoms with van der Waals surface area (Å²) in [4.78, 5) is 4.46. The van der Waals surface area contributed by atoms with Crippen molar-refractivity contribution in [2.24, 2.45) is 12.0 Å². The lowest BCUT2D eigenvalue weighted by Crippen LogP contribution is -2.40. The van der Waals surface area contributed by atoms with Gasteiger partial charge in [-0.1, -0.05) is 13.3 Å². The van der Waals surface area contributed by atoms with Crippen LogP contribution in [0, 0.1) is 0 Å². The van der Waals surface area contributed by atoms with Gasteiger partial charge in [0.15, 0.2) is 5.96 Å². The molecule has 0 amide bonds. The molecule has 0 spiro atoms. The Morgan fingerprint density at radius 1 is 1.38 bits per heavy atom. The largest absolute Gasteiger partial charge is 0.383 e. The van der Waals surface area contributed by atoms with Crippen molar-refractivity contribution in [3.63, 3.8) is 0 Å². The van der Waals surface area contributed by atoms with Gasteiger partial charge < -0.3 is 20.5 Å². The number of unbranched alkanes of at least 4 members (excludes halogenated alkanes) is 1. The molecule has 0 bridgehead atoms. The van der Waals surface area contributed by atoms with E-state index in [4.69, 9.17) is 4.74 Å². The molecular weight excluding hydrogens is 421 g/mol. The number of ether oxygens (including phenoxy) is 1. The third-order valence-electron chi connectivity index (χ3n) is 3.40. The van der Waals surface area contributed by atoms with Gasteiger partial charge in [0.1, 0.15) is 5.60 Å². The van der Waals surface area contributed by atoms with Crippen LogP contribution in [-0.2, 0) is 17.4 Å². The molecule has 1 heterocycles. The molecule has 1 atom stereocenters. The molecule has 1 aromatic heterocycles. The van der Waals surface area contributed by atoms with Crippen LogP contribution >= 0.6 is 24.0 Å². The average molecular weight is 453 g/mol. The van der Waals surface area contributed by atoms with Gasteiger partial charge in [-0.2, -0.15) is 5.10 Å². The number of aromatic nitrogens is 2. The van der Waals surface area contributed by atoms with Crippen LogP contribution in [0.2, 0.25) is 0 Å². The second-order valence-corrected chi connectivity index (χ2v) is 5.76. The second kappa shape index (κ2) is 12.5. The van der Waals surface area contributed by atoms with Crippen molar-refractivity contribution in [3.05, 3.63) is 18.0 Å². The van der Waals surface area contributed by atoms with E-state index in [1.807, 2.05) is 14.0 Å². The van der Waals surface area contributed by atoms with Crippen molar-refractivity contribution in [3.8, 4) is 0 Å². The van der Waals surface area contributed by atoms with Crippen LogP contribution in [-0.4, -0.2) is 53.7 Å². The highest BCUT2D eigenvalue weighted by atomic mass is 127. The van der Waals surface area contributed by atoms with Crippen LogP contribution in [0.4, 0.5) is 0 Å². The molecule has 0 aliphatic heterocycles. The fourth-order valence-electron chi connectivity index (χ4n) is 1.96. The number of guanidine groups is 1. The maximum absolute atomic E-state index is 10.5. The predicted octanol–water partition coefficient (Wildman–Crippen LogP) is 1.62. The van der Waals surface area contributed by atoms with Crippen LogP contribution < -0.4 is 10.6 Å². The highest BCUT2D eigenvalue weighted by Crippen LogP contribution is 2.19. The number of aliphatic hydroxyl groups is 1. The van der Waals surface area contributed by atoms with E-state index in [-0.39, 0.29) is 30.5 Å². The molecule has 1 aromatic rings. The van der Waals surface area contributed by atoms with E-state index in [2.05, 4.69) is 27.6 Å². The summed E-state index contributed by atoms with van der Waals surface area (Å²) < 4.78 is 7.19. The molecule has 1 unspecified atom stereocenters. The lowest BCUT2D eigenvalue weighted by Gasteiger charge is -2.20. The first-order chi connectivity index (χ1) is 11.0. The normalized spacial score (nSPS) is 14.0. The molecule has 0 aliphatic rings. The maximum atomic E-state index is 10.5. The van der Waals surface area contributed by atoms with E-state index >= 15 is 0 Å². The van der Waals surface area contributed by atoms with Crippen molar-refractivity contribution in [2.75, 3.05) is 32.8 Å². The van der Waals surface area contributed by atoms with E-state index in [0.717, 1.165) is 31.6 Å². The van der Waals surface area contributed by atoms with E-state index in [9.17, 15) is 5.11 Å². The molecule has 1 rings (SSSR count). The average Bonchev–Trinajstić information content (AvgIpc) is 2.95. The van der Waals surface area contributed by atoms with Gasteiger partial charge in [-0.15, -0.1) is 24.0 Å². The number of halogens is 1. The zero-order chi connectivity index (χ0) is 17.1. The Kier molecular flexibility index (Phi) is 12.0. The van der Waals surface area contributed by atoms with Gasteiger partial charge in [-0.05, 0) is 20.3 Å². The van der Waals surface area contributed by atoms with Gasteiger partial charge in [0.05, 0.1) is 19.3 Å². The fraction of sp³-hybridized carbons (Fsp3) is 0.750. The van der Waals surface area contributed by atoms with Gasteiger partial charge in [-0.25, -0.2) is 4.99 Å². The maximum Gasteiger partial charge on any atom is 0.191 e. The molecular formula is C16H32IN5O2. The summed E-state index contributed by atoms with van der Waals surface area (Å²) >= 11 is 0. The summed E-state index contributed by atoms with van der Waals surface area (Å²) in [5.74, 6) is 0.677. The number of hydrogen-bond donors (Lipinski definition) is 3. The van der Waals surface area contributed by atoms with Crippen molar-refractivity contribution >= 4 is 29.9 Å². The van der Waals surface area contributed by atoms with Crippen LogP contribution in [0.15, 0.2) is 17.4 Å². The molecule has 8 heteroatoms. The minimum Gasteiger partial charge on any atom is -0.383 e. The molecule has 3 N–H and O–H groups in total. The number of rotatable bonds is 10. The number of aryl methyl sites for hydroxylation is 1. The molecule has 0 saturated carbocycles. The molecule has 0 aromatic carbocycles. The van der Waals surface area contributed by atoms with E-state index in [0.29, 0.717) is 19.1 Å². The van der Waals surface area contributed by atoms with E-state index < -0.39 is 5.60 Å². The topological polar surface area (TPSA) is 83.7 Å². The van der Waals surface area contributed by atoms with Crippen molar-refractivity contribution in [1.82, 2.24) is 20.4 Å². The third-order valence-corrected chi connectivity index (χ3v) is 3.40. The van der Waals surface area contributed by atoms with Gasteiger partial charge in [-0.3, -0.25) is 4.68 Å². The molecule has 0 fully saturated rings. The highest BCUT2D eigenvalue weighted by Gasteiger charge is 2.24. The second-order valence-electron chi connectivity index (χ2n) is 5.76. The van der Waals surface area contributed by atoms with Crippen molar-refractivity contribution < 1.29 is 9.84 Å². The zero-order valence-corrected chi connectivity index (χ0v) is 17.5.